The van der Waals surface area contributed by atoms with Gasteiger partial charge in [0, 0.05) is 12.6 Å². The summed E-state index contributed by atoms with van der Waals surface area (Å²) in [5.41, 5.74) is 0.138. The molecular weight excluding hydrogens is 248 g/mol. The minimum absolute atomic E-state index is 0.129. The van der Waals surface area contributed by atoms with Crippen molar-refractivity contribution in [3.8, 4) is 0 Å². The number of rotatable bonds is 5. The molecule has 0 aromatic carbocycles. The topological polar surface area (TPSA) is 82.8 Å². The van der Waals surface area contributed by atoms with E-state index in [4.69, 9.17) is 9.52 Å². The Hall–Kier alpha value is -1.98. The SMILES string of the molecule is CCN(C(=O)NCc1cc(C(=O)O)c(C)o1)C1CC1. The molecule has 1 aromatic heterocycles. The Morgan fingerprint density at radius 1 is 1.53 bits per heavy atom. The molecule has 6 nitrogen and oxygen atoms in total. The first kappa shape index (κ1) is 13.5. The molecule has 0 unspecified atom stereocenters. The third-order valence-corrected chi connectivity index (χ3v) is 3.20. The van der Waals surface area contributed by atoms with E-state index in [1.807, 2.05) is 6.92 Å². The monoisotopic (exact) mass is 266 g/mol. The summed E-state index contributed by atoms with van der Waals surface area (Å²) in [4.78, 5) is 24.6. The number of carbonyl (C=O) groups is 2. The maximum atomic E-state index is 11.9. The summed E-state index contributed by atoms with van der Waals surface area (Å²) < 4.78 is 5.30. The van der Waals surface area contributed by atoms with Gasteiger partial charge >= 0.3 is 12.0 Å². The third-order valence-electron chi connectivity index (χ3n) is 3.20. The van der Waals surface area contributed by atoms with Crippen LogP contribution < -0.4 is 5.32 Å². The van der Waals surface area contributed by atoms with E-state index >= 15 is 0 Å². The van der Waals surface area contributed by atoms with E-state index in [1.165, 1.54) is 6.07 Å². The second kappa shape index (κ2) is 5.34. The molecule has 0 aliphatic heterocycles. The van der Waals surface area contributed by atoms with Crippen molar-refractivity contribution in [2.45, 2.75) is 39.3 Å². The molecule has 1 aromatic rings. The molecule has 1 aliphatic carbocycles. The van der Waals surface area contributed by atoms with Crippen LogP contribution in [0, 0.1) is 6.92 Å². The second-order valence-electron chi connectivity index (χ2n) is 4.66. The summed E-state index contributed by atoms with van der Waals surface area (Å²) in [5.74, 6) is -0.214. The number of nitrogens with one attached hydrogen (secondary N) is 1. The fourth-order valence-corrected chi connectivity index (χ4v) is 2.06. The lowest BCUT2D eigenvalue weighted by Crippen LogP contribution is -2.40. The smallest absolute Gasteiger partial charge is 0.339 e. The Morgan fingerprint density at radius 2 is 2.21 bits per heavy atom. The van der Waals surface area contributed by atoms with E-state index in [0.29, 0.717) is 24.1 Å². The van der Waals surface area contributed by atoms with Crippen LogP contribution in [0.25, 0.3) is 0 Å². The van der Waals surface area contributed by atoms with Gasteiger partial charge in [-0.3, -0.25) is 0 Å². The van der Waals surface area contributed by atoms with Crippen LogP contribution in [0.3, 0.4) is 0 Å². The number of amides is 2. The molecule has 0 atom stereocenters. The van der Waals surface area contributed by atoms with Crippen molar-refractivity contribution < 1.29 is 19.1 Å². The lowest BCUT2D eigenvalue weighted by molar-refractivity contribution is 0.0695. The number of carboxylic acid groups (broad SMARTS) is 1. The van der Waals surface area contributed by atoms with Crippen LogP contribution in [0.2, 0.25) is 0 Å². The molecule has 2 amide bonds. The highest BCUT2D eigenvalue weighted by atomic mass is 16.4. The van der Waals surface area contributed by atoms with Crippen LogP contribution in [-0.2, 0) is 6.54 Å². The van der Waals surface area contributed by atoms with Crippen molar-refractivity contribution in [1.82, 2.24) is 10.2 Å². The zero-order chi connectivity index (χ0) is 14.0. The van der Waals surface area contributed by atoms with Gasteiger partial charge in [-0.1, -0.05) is 0 Å². The minimum atomic E-state index is -1.02. The molecule has 2 N–H and O–H groups in total. The zero-order valence-electron chi connectivity index (χ0n) is 11.1. The van der Waals surface area contributed by atoms with Crippen LogP contribution in [0.4, 0.5) is 4.79 Å². The molecule has 0 spiro atoms. The largest absolute Gasteiger partial charge is 0.478 e. The van der Waals surface area contributed by atoms with Gasteiger partial charge in [-0.05, 0) is 32.8 Å². The van der Waals surface area contributed by atoms with Crippen LogP contribution >= 0.6 is 0 Å². The molecule has 2 rings (SSSR count). The molecule has 0 radical (unpaired) electrons. The molecule has 0 saturated heterocycles. The van der Waals surface area contributed by atoms with Gasteiger partial charge in [-0.2, -0.15) is 0 Å². The number of nitrogens with zero attached hydrogens (tertiary/aromatic N) is 1. The number of aryl methyl sites for hydroxylation is 1. The summed E-state index contributed by atoms with van der Waals surface area (Å²) in [7, 11) is 0. The standard InChI is InChI=1S/C13H18N2O4/c1-3-15(9-4-5-9)13(18)14-7-10-6-11(12(16)17)8(2)19-10/h6,9H,3-5,7H2,1-2H3,(H,14,18)(H,16,17). The van der Waals surface area contributed by atoms with Gasteiger partial charge in [0.1, 0.15) is 17.1 Å². The highest BCUT2D eigenvalue weighted by molar-refractivity contribution is 5.88. The quantitative estimate of drug-likeness (QED) is 0.853. The number of furan rings is 1. The van der Waals surface area contributed by atoms with Crippen molar-refractivity contribution in [1.29, 1.82) is 0 Å². The summed E-state index contributed by atoms with van der Waals surface area (Å²) in [6.45, 7) is 4.42. The molecule has 0 bridgehead atoms. The number of hydrogen-bond donors (Lipinski definition) is 2. The van der Waals surface area contributed by atoms with E-state index in [2.05, 4.69) is 5.32 Å². The Kier molecular flexibility index (Phi) is 3.78. The van der Waals surface area contributed by atoms with Crippen LogP contribution in [0.15, 0.2) is 10.5 Å². The predicted molar refractivity (Wildman–Crippen MR) is 68.0 cm³/mol. The average molecular weight is 266 g/mol. The van der Waals surface area contributed by atoms with Gasteiger partial charge in [-0.15, -0.1) is 0 Å². The Labute approximate surface area is 111 Å². The first-order valence-corrected chi connectivity index (χ1v) is 6.40. The maximum absolute atomic E-state index is 11.9. The predicted octanol–water partition coefficient (Wildman–Crippen LogP) is 1.98. The Morgan fingerprint density at radius 3 is 2.68 bits per heavy atom. The summed E-state index contributed by atoms with van der Waals surface area (Å²) >= 11 is 0. The van der Waals surface area contributed by atoms with Crippen molar-refractivity contribution in [3.05, 3.63) is 23.2 Å². The summed E-state index contributed by atoms with van der Waals surface area (Å²) in [6, 6.07) is 1.68. The highest BCUT2D eigenvalue weighted by Crippen LogP contribution is 2.26. The van der Waals surface area contributed by atoms with Crippen molar-refractivity contribution in [2.75, 3.05) is 6.54 Å². The molecule has 1 fully saturated rings. The van der Waals surface area contributed by atoms with Crippen molar-refractivity contribution in [2.24, 2.45) is 0 Å². The van der Waals surface area contributed by atoms with Crippen LogP contribution in [-0.4, -0.2) is 34.6 Å². The Bertz CT molecular complexity index is 491. The molecular formula is C13H18N2O4. The van der Waals surface area contributed by atoms with E-state index in [9.17, 15) is 9.59 Å². The van der Waals surface area contributed by atoms with Gasteiger partial charge in [-0.25, -0.2) is 9.59 Å². The van der Waals surface area contributed by atoms with E-state index < -0.39 is 5.97 Å². The van der Waals surface area contributed by atoms with Gasteiger partial charge in [0.05, 0.1) is 6.54 Å². The lowest BCUT2D eigenvalue weighted by Gasteiger charge is -2.20. The van der Waals surface area contributed by atoms with Gasteiger partial charge < -0.3 is 19.7 Å². The third kappa shape index (κ3) is 3.07. The molecule has 1 saturated carbocycles. The number of aromatic carboxylic acids is 1. The second-order valence-corrected chi connectivity index (χ2v) is 4.66. The maximum Gasteiger partial charge on any atom is 0.339 e. The molecule has 1 heterocycles. The van der Waals surface area contributed by atoms with E-state index in [1.54, 1.807) is 11.8 Å². The zero-order valence-corrected chi connectivity index (χ0v) is 11.1. The molecule has 19 heavy (non-hydrogen) atoms. The average Bonchev–Trinajstić information content (AvgIpc) is 3.10. The van der Waals surface area contributed by atoms with Crippen LogP contribution in [0.5, 0.6) is 0 Å². The fourth-order valence-electron chi connectivity index (χ4n) is 2.06. The summed E-state index contributed by atoms with van der Waals surface area (Å²) in [6.07, 6.45) is 2.12. The first-order chi connectivity index (χ1) is 9.02. The lowest BCUT2D eigenvalue weighted by atomic mass is 10.2. The fraction of sp³-hybridized carbons (Fsp3) is 0.538. The van der Waals surface area contributed by atoms with Crippen LogP contribution in [0.1, 0.15) is 41.6 Å². The first-order valence-electron chi connectivity index (χ1n) is 6.40. The van der Waals surface area contributed by atoms with Gasteiger partial charge in [0.25, 0.3) is 0 Å². The Balaban J connectivity index is 1.93. The number of hydrogen-bond acceptors (Lipinski definition) is 3. The van der Waals surface area contributed by atoms with Crippen molar-refractivity contribution in [3.63, 3.8) is 0 Å². The number of carbonyl (C=O) groups excluding carboxylic acids is 1. The van der Waals surface area contributed by atoms with Gasteiger partial charge in [0.15, 0.2) is 0 Å². The number of carboxylic acids is 1. The summed E-state index contributed by atoms with van der Waals surface area (Å²) in [5, 5.41) is 11.7. The minimum Gasteiger partial charge on any atom is -0.478 e. The molecule has 104 valence electrons. The molecule has 6 heteroatoms. The number of urea groups is 1. The highest BCUT2D eigenvalue weighted by Gasteiger charge is 2.31. The molecule has 1 aliphatic rings. The van der Waals surface area contributed by atoms with Gasteiger partial charge in [0.2, 0.25) is 0 Å². The normalized spacial score (nSPS) is 14.2. The van der Waals surface area contributed by atoms with E-state index in [-0.39, 0.29) is 18.1 Å². The van der Waals surface area contributed by atoms with E-state index in [0.717, 1.165) is 12.8 Å². The van der Waals surface area contributed by atoms with Crippen molar-refractivity contribution >= 4 is 12.0 Å².